The average Bonchev–Trinajstić information content (AvgIpc) is 3.15. The fourth-order valence-corrected chi connectivity index (χ4v) is 3.96. The van der Waals surface area contributed by atoms with E-state index in [9.17, 15) is 9.59 Å². The minimum absolute atomic E-state index is 0.0290. The molecular formula is C18H29N3O2S. The van der Waals surface area contributed by atoms with E-state index in [-0.39, 0.29) is 17.7 Å². The number of rotatable bonds is 7. The number of nitrogens with zero attached hydrogens (tertiary/aromatic N) is 2. The Balaban J connectivity index is 1.75. The van der Waals surface area contributed by atoms with Crippen LogP contribution in [0, 0.1) is 5.92 Å². The van der Waals surface area contributed by atoms with E-state index >= 15 is 0 Å². The summed E-state index contributed by atoms with van der Waals surface area (Å²) in [5.41, 5.74) is 0. The Bertz CT molecular complexity index is 520. The first-order valence-electron chi connectivity index (χ1n) is 8.91. The molecule has 0 bridgehead atoms. The van der Waals surface area contributed by atoms with Crippen molar-refractivity contribution in [2.45, 2.75) is 39.7 Å². The van der Waals surface area contributed by atoms with Crippen LogP contribution in [0.2, 0.25) is 0 Å². The Morgan fingerprint density at radius 3 is 2.54 bits per heavy atom. The van der Waals surface area contributed by atoms with Crippen molar-refractivity contribution in [2.24, 2.45) is 5.92 Å². The number of piperidine rings is 1. The zero-order chi connectivity index (χ0) is 17.5. The number of nitrogens with one attached hydrogen (secondary N) is 1. The van der Waals surface area contributed by atoms with Crippen LogP contribution in [0.15, 0.2) is 17.5 Å². The van der Waals surface area contributed by atoms with Gasteiger partial charge in [0, 0.05) is 31.6 Å². The Labute approximate surface area is 149 Å². The number of hydrogen-bond donors (Lipinski definition) is 1. The van der Waals surface area contributed by atoms with Crippen molar-refractivity contribution in [3.8, 4) is 0 Å². The molecule has 2 amide bonds. The third-order valence-electron chi connectivity index (χ3n) is 4.89. The van der Waals surface area contributed by atoms with Crippen LogP contribution in [0.1, 0.15) is 43.3 Å². The number of amides is 2. The smallest absolute Gasteiger partial charge is 0.263 e. The molecule has 1 aromatic rings. The number of carbonyl (C=O) groups is 2. The van der Waals surface area contributed by atoms with E-state index in [2.05, 4.69) is 31.0 Å². The summed E-state index contributed by atoms with van der Waals surface area (Å²) in [4.78, 5) is 29.7. The maximum Gasteiger partial charge on any atom is 0.263 e. The monoisotopic (exact) mass is 351 g/mol. The third-order valence-corrected chi connectivity index (χ3v) is 5.75. The number of thiophene rings is 1. The molecule has 5 nitrogen and oxygen atoms in total. The first-order chi connectivity index (χ1) is 11.6. The Morgan fingerprint density at radius 2 is 2.00 bits per heavy atom. The van der Waals surface area contributed by atoms with Crippen molar-refractivity contribution in [3.05, 3.63) is 22.4 Å². The van der Waals surface area contributed by atoms with E-state index in [1.165, 1.54) is 11.3 Å². The summed E-state index contributed by atoms with van der Waals surface area (Å²) in [6.45, 7) is 10.4. The molecule has 1 saturated heterocycles. The van der Waals surface area contributed by atoms with Gasteiger partial charge in [0.2, 0.25) is 5.91 Å². The summed E-state index contributed by atoms with van der Waals surface area (Å²) in [5.74, 6) is 0.262. The quantitative estimate of drug-likeness (QED) is 0.821. The van der Waals surface area contributed by atoms with Gasteiger partial charge in [-0.3, -0.25) is 14.5 Å². The lowest BCUT2D eigenvalue weighted by molar-refractivity contribution is -0.126. The van der Waals surface area contributed by atoms with Gasteiger partial charge in [0.05, 0.1) is 4.88 Å². The van der Waals surface area contributed by atoms with Gasteiger partial charge < -0.3 is 10.2 Å². The van der Waals surface area contributed by atoms with Gasteiger partial charge in [-0.05, 0) is 44.3 Å². The summed E-state index contributed by atoms with van der Waals surface area (Å²) < 4.78 is 0. The molecule has 1 aromatic heterocycles. The van der Waals surface area contributed by atoms with Crippen molar-refractivity contribution in [1.29, 1.82) is 0 Å². The van der Waals surface area contributed by atoms with Crippen LogP contribution >= 0.6 is 11.3 Å². The van der Waals surface area contributed by atoms with E-state index in [1.807, 2.05) is 22.4 Å². The van der Waals surface area contributed by atoms with Crippen LogP contribution in [-0.2, 0) is 4.79 Å². The van der Waals surface area contributed by atoms with E-state index < -0.39 is 0 Å². The third kappa shape index (κ3) is 4.80. The van der Waals surface area contributed by atoms with E-state index in [0.717, 1.165) is 30.8 Å². The fourth-order valence-electron chi connectivity index (χ4n) is 3.27. The molecule has 0 spiro atoms. The second kappa shape index (κ2) is 9.18. The minimum Gasteiger partial charge on any atom is -0.354 e. The molecule has 1 aliphatic rings. The molecule has 0 radical (unpaired) electrons. The Morgan fingerprint density at radius 1 is 1.33 bits per heavy atom. The zero-order valence-electron chi connectivity index (χ0n) is 15.0. The Kier molecular flexibility index (Phi) is 7.24. The molecule has 24 heavy (non-hydrogen) atoms. The maximum absolute atomic E-state index is 12.4. The van der Waals surface area contributed by atoms with Gasteiger partial charge in [0.15, 0.2) is 0 Å². The van der Waals surface area contributed by atoms with Gasteiger partial charge in [0.25, 0.3) is 5.91 Å². The highest BCUT2D eigenvalue weighted by Gasteiger charge is 2.28. The molecule has 6 heteroatoms. The number of carbonyl (C=O) groups excluding carboxylic acids is 2. The average molecular weight is 352 g/mol. The minimum atomic E-state index is 0.0290. The maximum atomic E-state index is 12.4. The van der Waals surface area contributed by atoms with E-state index in [1.54, 1.807) is 0 Å². The SMILES string of the molecule is CCN(CC)C(C)CNC(=O)C1CCN(C(=O)c2cccs2)CC1. The predicted molar refractivity (Wildman–Crippen MR) is 98.3 cm³/mol. The highest BCUT2D eigenvalue weighted by molar-refractivity contribution is 7.12. The van der Waals surface area contributed by atoms with Gasteiger partial charge in [-0.2, -0.15) is 0 Å². The summed E-state index contributed by atoms with van der Waals surface area (Å²) in [7, 11) is 0. The summed E-state index contributed by atoms with van der Waals surface area (Å²) in [6.07, 6.45) is 1.51. The van der Waals surface area contributed by atoms with Crippen molar-refractivity contribution >= 4 is 23.2 Å². The Hall–Kier alpha value is -1.40. The molecular weight excluding hydrogens is 322 g/mol. The largest absolute Gasteiger partial charge is 0.354 e. The highest BCUT2D eigenvalue weighted by atomic mass is 32.1. The van der Waals surface area contributed by atoms with Gasteiger partial charge in [-0.1, -0.05) is 19.9 Å². The molecule has 2 heterocycles. The van der Waals surface area contributed by atoms with Crippen LogP contribution in [0.4, 0.5) is 0 Å². The molecule has 134 valence electrons. The van der Waals surface area contributed by atoms with Crippen molar-refractivity contribution in [3.63, 3.8) is 0 Å². The predicted octanol–water partition coefficient (Wildman–Crippen LogP) is 2.45. The van der Waals surface area contributed by atoms with Gasteiger partial charge >= 0.3 is 0 Å². The highest BCUT2D eigenvalue weighted by Crippen LogP contribution is 2.21. The summed E-state index contributed by atoms with van der Waals surface area (Å²) in [5, 5.41) is 5.01. The van der Waals surface area contributed by atoms with Gasteiger partial charge in [0.1, 0.15) is 0 Å². The fraction of sp³-hybridized carbons (Fsp3) is 0.667. The van der Waals surface area contributed by atoms with E-state index in [0.29, 0.717) is 25.7 Å². The zero-order valence-corrected chi connectivity index (χ0v) is 15.8. The molecule has 0 aliphatic carbocycles. The molecule has 1 unspecified atom stereocenters. The molecule has 2 rings (SSSR count). The van der Waals surface area contributed by atoms with Gasteiger partial charge in [-0.25, -0.2) is 0 Å². The first-order valence-corrected chi connectivity index (χ1v) is 9.79. The molecule has 1 atom stereocenters. The molecule has 1 aliphatic heterocycles. The van der Waals surface area contributed by atoms with Crippen LogP contribution in [0.3, 0.4) is 0 Å². The van der Waals surface area contributed by atoms with Crippen LogP contribution in [0.25, 0.3) is 0 Å². The van der Waals surface area contributed by atoms with Crippen LogP contribution < -0.4 is 5.32 Å². The van der Waals surface area contributed by atoms with E-state index in [4.69, 9.17) is 0 Å². The van der Waals surface area contributed by atoms with Crippen molar-refractivity contribution in [1.82, 2.24) is 15.1 Å². The van der Waals surface area contributed by atoms with Crippen molar-refractivity contribution < 1.29 is 9.59 Å². The van der Waals surface area contributed by atoms with Crippen molar-refractivity contribution in [2.75, 3.05) is 32.7 Å². The normalized spacial score (nSPS) is 17.1. The topological polar surface area (TPSA) is 52.7 Å². The second-order valence-corrected chi connectivity index (χ2v) is 7.31. The summed E-state index contributed by atoms with van der Waals surface area (Å²) in [6, 6.07) is 4.11. The number of likely N-dealkylation sites (tertiary alicyclic amines) is 1. The van der Waals surface area contributed by atoms with Gasteiger partial charge in [-0.15, -0.1) is 11.3 Å². The molecule has 1 fully saturated rings. The number of hydrogen-bond acceptors (Lipinski definition) is 4. The standard InChI is InChI=1S/C18H29N3O2S/c1-4-20(5-2)14(3)13-19-17(22)15-8-10-21(11-9-15)18(23)16-7-6-12-24-16/h6-7,12,14-15H,4-5,8-11,13H2,1-3H3,(H,19,22). The molecule has 0 aromatic carbocycles. The summed E-state index contributed by atoms with van der Waals surface area (Å²) >= 11 is 1.47. The molecule has 0 saturated carbocycles. The lowest BCUT2D eigenvalue weighted by atomic mass is 9.95. The van der Waals surface area contributed by atoms with Crippen LogP contribution in [0.5, 0.6) is 0 Å². The first kappa shape index (κ1) is 18.9. The lowest BCUT2D eigenvalue weighted by Crippen LogP contribution is -2.46. The second-order valence-electron chi connectivity index (χ2n) is 6.36. The van der Waals surface area contributed by atoms with Crippen LogP contribution in [-0.4, -0.2) is 60.4 Å². The number of likely N-dealkylation sites (N-methyl/N-ethyl adjacent to an activating group) is 1. The molecule has 1 N–H and O–H groups in total. The lowest BCUT2D eigenvalue weighted by Gasteiger charge is -2.32.